The van der Waals surface area contributed by atoms with Crippen molar-refractivity contribution in [1.82, 2.24) is 9.97 Å². The Morgan fingerprint density at radius 1 is 1.22 bits per heavy atom. The predicted octanol–water partition coefficient (Wildman–Crippen LogP) is 4.14. The molecule has 0 radical (unpaired) electrons. The number of fused-ring (bicyclic) bond motifs is 1. The normalized spacial score (nSPS) is 11.4. The molecule has 0 amide bonds. The maximum Gasteiger partial charge on any atom is 0.159 e. The summed E-state index contributed by atoms with van der Waals surface area (Å²) in [5.74, 6) is 0.567. The standard InChI is InChI=1S/C19H15N3O/c1-12-3-8-17-18(9-12)22-19(21-17)16(11-20)10-14-4-6-15(7-5-14)13(2)23/h3-10H,1-2H3,(H,21,22). The molecule has 0 unspecified atom stereocenters. The third-order valence-corrected chi connectivity index (χ3v) is 3.64. The number of imidazole rings is 1. The minimum absolute atomic E-state index is 0.0219. The van der Waals surface area contributed by atoms with Crippen LogP contribution in [0.4, 0.5) is 0 Å². The molecule has 1 heterocycles. The topological polar surface area (TPSA) is 69.5 Å². The maximum atomic E-state index is 11.3. The lowest BCUT2D eigenvalue weighted by Gasteiger charge is -1.98. The van der Waals surface area contributed by atoms with Crippen molar-refractivity contribution in [2.75, 3.05) is 0 Å². The number of hydrogen-bond donors (Lipinski definition) is 1. The monoisotopic (exact) mass is 301 g/mol. The molecule has 0 spiro atoms. The second-order valence-corrected chi connectivity index (χ2v) is 5.45. The van der Waals surface area contributed by atoms with Crippen LogP contribution in [0.3, 0.4) is 0 Å². The summed E-state index contributed by atoms with van der Waals surface area (Å²) in [6, 6.07) is 15.3. The highest BCUT2D eigenvalue weighted by Crippen LogP contribution is 2.20. The van der Waals surface area contributed by atoms with Gasteiger partial charge in [-0.05, 0) is 43.2 Å². The highest BCUT2D eigenvalue weighted by atomic mass is 16.1. The molecule has 1 aromatic heterocycles. The number of hydrogen-bond acceptors (Lipinski definition) is 3. The fourth-order valence-corrected chi connectivity index (χ4v) is 2.39. The highest BCUT2D eigenvalue weighted by molar-refractivity contribution is 5.95. The van der Waals surface area contributed by atoms with Gasteiger partial charge in [-0.1, -0.05) is 30.3 Å². The zero-order valence-corrected chi connectivity index (χ0v) is 12.9. The van der Waals surface area contributed by atoms with E-state index in [0.29, 0.717) is 17.0 Å². The average molecular weight is 301 g/mol. The number of Topliss-reactive ketones (excluding diaryl/α,β-unsaturated/α-hetero) is 1. The second-order valence-electron chi connectivity index (χ2n) is 5.45. The number of H-pyrrole nitrogens is 1. The molecule has 23 heavy (non-hydrogen) atoms. The number of carbonyl (C=O) groups is 1. The number of aromatic nitrogens is 2. The van der Waals surface area contributed by atoms with E-state index in [1.807, 2.05) is 37.3 Å². The Balaban J connectivity index is 2.00. The lowest BCUT2D eigenvalue weighted by molar-refractivity contribution is 0.101. The number of ketones is 1. The molecule has 0 aliphatic carbocycles. The lowest BCUT2D eigenvalue weighted by Crippen LogP contribution is -1.91. The Morgan fingerprint density at radius 2 is 1.96 bits per heavy atom. The van der Waals surface area contributed by atoms with Crippen molar-refractivity contribution in [3.05, 3.63) is 65.0 Å². The van der Waals surface area contributed by atoms with Gasteiger partial charge in [0.15, 0.2) is 5.78 Å². The van der Waals surface area contributed by atoms with Crippen molar-refractivity contribution in [3.63, 3.8) is 0 Å². The van der Waals surface area contributed by atoms with Gasteiger partial charge in [0.1, 0.15) is 11.9 Å². The number of nitriles is 1. The number of nitrogens with one attached hydrogen (secondary N) is 1. The summed E-state index contributed by atoms with van der Waals surface area (Å²) in [5.41, 5.74) is 4.83. The molecule has 3 aromatic rings. The van der Waals surface area contributed by atoms with Gasteiger partial charge in [-0.3, -0.25) is 4.79 Å². The average Bonchev–Trinajstić information content (AvgIpc) is 2.95. The summed E-state index contributed by atoms with van der Waals surface area (Å²) in [5, 5.41) is 9.43. The number of allylic oxidation sites excluding steroid dienone is 1. The first-order valence-electron chi connectivity index (χ1n) is 7.26. The third-order valence-electron chi connectivity index (χ3n) is 3.64. The lowest BCUT2D eigenvalue weighted by atomic mass is 10.1. The number of benzene rings is 2. The van der Waals surface area contributed by atoms with Gasteiger partial charge in [-0.2, -0.15) is 5.26 Å². The van der Waals surface area contributed by atoms with Crippen LogP contribution in [-0.4, -0.2) is 15.8 Å². The van der Waals surface area contributed by atoms with E-state index in [9.17, 15) is 10.1 Å². The third kappa shape index (κ3) is 3.04. The molecular weight excluding hydrogens is 286 g/mol. The number of carbonyl (C=O) groups excluding carboxylic acids is 1. The number of aromatic amines is 1. The van der Waals surface area contributed by atoms with Crippen molar-refractivity contribution < 1.29 is 4.79 Å². The molecule has 2 aromatic carbocycles. The van der Waals surface area contributed by atoms with Crippen LogP contribution < -0.4 is 0 Å². The Bertz CT molecular complexity index is 956. The molecule has 0 fully saturated rings. The molecule has 0 atom stereocenters. The van der Waals surface area contributed by atoms with Crippen molar-refractivity contribution in [1.29, 1.82) is 5.26 Å². The van der Waals surface area contributed by atoms with Crippen LogP contribution in [0.25, 0.3) is 22.7 Å². The van der Waals surface area contributed by atoms with Crippen molar-refractivity contribution in [3.8, 4) is 6.07 Å². The van der Waals surface area contributed by atoms with Gasteiger partial charge in [0, 0.05) is 5.56 Å². The van der Waals surface area contributed by atoms with Crippen LogP contribution >= 0.6 is 0 Å². The Kier molecular flexibility index (Phi) is 3.78. The first kappa shape index (κ1) is 14.7. The Hall–Kier alpha value is -3.19. The largest absolute Gasteiger partial charge is 0.337 e. The van der Waals surface area contributed by atoms with Crippen molar-refractivity contribution in [2.24, 2.45) is 0 Å². The van der Waals surface area contributed by atoms with Gasteiger partial charge in [0.05, 0.1) is 16.6 Å². The molecular formula is C19H15N3O. The molecule has 4 nitrogen and oxygen atoms in total. The van der Waals surface area contributed by atoms with Crippen LogP contribution in [0.1, 0.15) is 34.2 Å². The molecule has 3 rings (SSSR count). The first-order valence-corrected chi connectivity index (χ1v) is 7.26. The van der Waals surface area contributed by atoms with Crippen molar-refractivity contribution >= 4 is 28.5 Å². The number of aryl methyl sites for hydroxylation is 1. The van der Waals surface area contributed by atoms with Gasteiger partial charge in [0.2, 0.25) is 0 Å². The zero-order chi connectivity index (χ0) is 16.4. The number of rotatable bonds is 3. The van der Waals surface area contributed by atoms with Crippen LogP contribution in [0, 0.1) is 18.3 Å². The van der Waals surface area contributed by atoms with E-state index < -0.39 is 0 Å². The predicted molar refractivity (Wildman–Crippen MR) is 90.8 cm³/mol. The summed E-state index contributed by atoms with van der Waals surface area (Å²) < 4.78 is 0. The van der Waals surface area contributed by atoms with E-state index in [1.165, 1.54) is 6.92 Å². The van der Waals surface area contributed by atoms with Gasteiger partial charge >= 0.3 is 0 Å². The molecule has 0 bridgehead atoms. The Labute approximate surface area is 134 Å². The Morgan fingerprint density at radius 3 is 2.61 bits per heavy atom. The molecule has 0 aliphatic heterocycles. The minimum atomic E-state index is 0.0219. The van der Waals surface area contributed by atoms with E-state index in [2.05, 4.69) is 16.0 Å². The van der Waals surface area contributed by atoms with Crippen LogP contribution in [0.5, 0.6) is 0 Å². The van der Waals surface area contributed by atoms with Gasteiger partial charge in [-0.25, -0.2) is 4.98 Å². The maximum absolute atomic E-state index is 11.3. The van der Waals surface area contributed by atoms with E-state index in [0.717, 1.165) is 22.2 Å². The van der Waals surface area contributed by atoms with Crippen LogP contribution in [0.2, 0.25) is 0 Å². The van der Waals surface area contributed by atoms with Crippen LogP contribution in [-0.2, 0) is 0 Å². The van der Waals surface area contributed by atoms with Gasteiger partial charge < -0.3 is 4.98 Å². The SMILES string of the molecule is CC(=O)c1ccc(C=C(C#N)c2nc3ccc(C)cc3[nH]2)cc1. The summed E-state index contributed by atoms with van der Waals surface area (Å²) in [6.07, 6.45) is 1.76. The molecule has 4 heteroatoms. The summed E-state index contributed by atoms with van der Waals surface area (Å²) >= 11 is 0. The molecule has 1 N–H and O–H groups in total. The summed E-state index contributed by atoms with van der Waals surface area (Å²) in [4.78, 5) is 18.9. The quantitative estimate of drug-likeness (QED) is 0.584. The number of nitrogens with zero attached hydrogens (tertiary/aromatic N) is 2. The first-order chi connectivity index (χ1) is 11.1. The van der Waals surface area contributed by atoms with E-state index in [1.54, 1.807) is 18.2 Å². The zero-order valence-electron chi connectivity index (χ0n) is 12.9. The van der Waals surface area contributed by atoms with Gasteiger partial charge in [-0.15, -0.1) is 0 Å². The summed E-state index contributed by atoms with van der Waals surface area (Å²) in [7, 11) is 0. The van der Waals surface area contributed by atoms with Crippen LogP contribution in [0.15, 0.2) is 42.5 Å². The molecule has 0 saturated heterocycles. The molecule has 0 aliphatic rings. The molecule has 0 saturated carbocycles. The fourth-order valence-electron chi connectivity index (χ4n) is 2.39. The minimum Gasteiger partial charge on any atom is -0.337 e. The van der Waals surface area contributed by atoms with E-state index in [4.69, 9.17) is 0 Å². The van der Waals surface area contributed by atoms with E-state index in [-0.39, 0.29) is 5.78 Å². The van der Waals surface area contributed by atoms with E-state index >= 15 is 0 Å². The summed E-state index contributed by atoms with van der Waals surface area (Å²) in [6.45, 7) is 3.54. The van der Waals surface area contributed by atoms with Crippen molar-refractivity contribution in [2.45, 2.75) is 13.8 Å². The highest BCUT2D eigenvalue weighted by Gasteiger charge is 2.08. The molecule has 112 valence electrons. The second kappa shape index (κ2) is 5.90. The van der Waals surface area contributed by atoms with Gasteiger partial charge in [0.25, 0.3) is 0 Å². The smallest absolute Gasteiger partial charge is 0.159 e. The fraction of sp³-hybridized carbons (Fsp3) is 0.105.